The van der Waals surface area contributed by atoms with Gasteiger partial charge in [-0.3, -0.25) is 0 Å². The van der Waals surface area contributed by atoms with E-state index in [1.807, 2.05) is 12.1 Å². The number of nitrogens with one attached hydrogen (secondary N) is 1. The van der Waals surface area contributed by atoms with Crippen molar-refractivity contribution < 1.29 is 0 Å². The predicted molar refractivity (Wildman–Crippen MR) is 76.1 cm³/mol. The molecular weight excluding hydrogens is 253 g/mol. The van der Waals surface area contributed by atoms with Crippen LogP contribution in [0.15, 0.2) is 18.2 Å². The van der Waals surface area contributed by atoms with Crippen LogP contribution in [-0.4, -0.2) is 6.04 Å². The summed E-state index contributed by atoms with van der Waals surface area (Å²) in [7, 11) is 0. The van der Waals surface area contributed by atoms with E-state index in [1.165, 1.54) is 19.3 Å². The Kier molecular flexibility index (Phi) is 4.22. The van der Waals surface area contributed by atoms with Gasteiger partial charge in [0.05, 0.1) is 0 Å². The van der Waals surface area contributed by atoms with Gasteiger partial charge in [0.2, 0.25) is 0 Å². The molecule has 0 aromatic heterocycles. The fraction of sp³-hybridized carbons (Fsp3) is 0.571. The summed E-state index contributed by atoms with van der Waals surface area (Å²) in [6.07, 6.45) is 3.76. The van der Waals surface area contributed by atoms with Gasteiger partial charge in [-0.15, -0.1) is 0 Å². The average molecular weight is 272 g/mol. The van der Waals surface area contributed by atoms with Crippen molar-refractivity contribution in [2.24, 2.45) is 11.8 Å². The molecule has 1 N–H and O–H groups in total. The molecule has 3 heteroatoms. The molecule has 0 heterocycles. The van der Waals surface area contributed by atoms with Gasteiger partial charge in [-0.1, -0.05) is 37.0 Å². The van der Waals surface area contributed by atoms with Crippen LogP contribution >= 0.6 is 23.2 Å². The highest BCUT2D eigenvalue weighted by Crippen LogP contribution is 2.32. The Morgan fingerprint density at radius 2 is 1.65 bits per heavy atom. The number of hydrogen-bond donors (Lipinski definition) is 1. The van der Waals surface area contributed by atoms with E-state index < -0.39 is 0 Å². The van der Waals surface area contributed by atoms with Crippen molar-refractivity contribution in [1.82, 2.24) is 0 Å². The molecule has 3 atom stereocenters. The van der Waals surface area contributed by atoms with Gasteiger partial charge >= 0.3 is 0 Å². The monoisotopic (exact) mass is 271 g/mol. The van der Waals surface area contributed by atoms with Gasteiger partial charge in [-0.05, 0) is 49.3 Å². The van der Waals surface area contributed by atoms with Crippen LogP contribution in [0.1, 0.15) is 33.1 Å². The molecule has 0 amide bonds. The number of hydrogen-bond acceptors (Lipinski definition) is 1. The van der Waals surface area contributed by atoms with E-state index in [1.54, 1.807) is 6.07 Å². The van der Waals surface area contributed by atoms with Crippen LogP contribution in [0.25, 0.3) is 0 Å². The van der Waals surface area contributed by atoms with E-state index in [-0.39, 0.29) is 0 Å². The Morgan fingerprint density at radius 3 is 2.24 bits per heavy atom. The lowest BCUT2D eigenvalue weighted by atomic mass is 9.79. The van der Waals surface area contributed by atoms with Gasteiger partial charge in [0.1, 0.15) is 0 Å². The third-order valence-electron chi connectivity index (χ3n) is 3.83. The molecule has 0 saturated heterocycles. The summed E-state index contributed by atoms with van der Waals surface area (Å²) in [4.78, 5) is 0. The third kappa shape index (κ3) is 3.53. The van der Waals surface area contributed by atoms with Crippen LogP contribution in [0.5, 0.6) is 0 Å². The van der Waals surface area contributed by atoms with Crippen LogP contribution in [-0.2, 0) is 0 Å². The SMILES string of the molecule is CC1CCC(Nc2cc(Cl)cc(Cl)c2)CC1C. The van der Waals surface area contributed by atoms with Gasteiger partial charge in [0, 0.05) is 21.8 Å². The zero-order chi connectivity index (χ0) is 12.4. The van der Waals surface area contributed by atoms with E-state index in [0.29, 0.717) is 16.1 Å². The van der Waals surface area contributed by atoms with Crippen molar-refractivity contribution in [3.05, 3.63) is 28.2 Å². The second kappa shape index (κ2) is 5.49. The molecule has 0 spiro atoms. The summed E-state index contributed by atoms with van der Waals surface area (Å²) < 4.78 is 0. The smallest absolute Gasteiger partial charge is 0.0441 e. The summed E-state index contributed by atoms with van der Waals surface area (Å²) in [5, 5.41) is 4.93. The van der Waals surface area contributed by atoms with E-state index in [2.05, 4.69) is 19.2 Å². The average Bonchev–Trinajstić information content (AvgIpc) is 2.22. The Balaban J connectivity index is 2.01. The molecule has 1 saturated carbocycles. The minimum Gasteiger partial charge on any atom is -0.382 e. The van der Waals surface area contributed by atoms with E-state index in [0.717, 1.165) is 17.5 Å². The van der Waals surface area contributed by atoms with Gasteiger partial charge in [0.15, 0.2) is 0 Å². The molecular formula is C14H19Cl2N. The van der Waals surface area contributed by atoms with Crippen LogP contribution in [0, 0.1) is 11.8 Å². The molecule has 3 unspecified atom stereocenters. The first-order chi connectivity index (χ1) is 8.04. The van der Waals surface area contributed by atoms with E-state index in [9.17, 15) is 0 Å². The lowest BCUT2D eigenvalue weighted by molar-refractivity contribution is 0.261. The van der Waals surface area contributed by atoms with Crippen LogP contribution < -0.4 is 5.32 Å². The van der Waals surface area contributed by atoms with Crippen molar-refractivity contribution in [2.75, 3.05) is 5.32 Å². The Bertz CT molecular complexity index is 372. The van der Waals surface area contributed by atoms with Crippen molar-refractivity contribution in [2.45, 2.75) is 39.2 Å². The maximum atomic E-state index is 6.00. The fourth-order valence-electron chi connectivity index (χ4n) is 2.55. The molecule has 1 aliphatic rings. The van der Waals surface area contributed by atoms with Crippen LogP contribution in [0.2, 0.25) is 10.0 Å². The topological polar surface area (TPSA) is 12.0 Å². The Labute approximate surface area is 114 Å². The quantitative estimate of drug-likeness (QED) is 0.777. The molecule has 1 aliphatic carbocycles. The molecule has 2 rings (SSSR count). The first-order valence-corrected chi connectivity index (χ1v) is 7.03. The molecule has 0 radical (unpaired) electrons. The van der Waals surface area contributed by atoms with Crippen LogP contribution in [0.4, 0.5) is 5.69 Å². The predicted octanol–water partition coefficient (Wildman–Crippen LogP) is 5.23. The highest BCUT2D eigenvalue weighted by molar-refractivity contribution is 6.35. The molecule has 1 aromatic rings. The molecule has 17 heavy (non-hydrogen) atoms. The summed E-state index contributed by atoms with van der Waals surface area (Å²) >= 11 is 12.0. The lowest BCUT2D eigenvalue weighted by Gasteiger charge is -2.33. The minimum atomic E-state index is 0.552. The maximum absolute atomic E-state index is 6.00. The molecule has 1 nitrogen and oxygen atoms in total. The first-order valence-electron chi connectivity index (χ1n) is 6.27. The number of rotatable bonds is 2. The van der Waals surface area contributed by atoms with Crippen LogP contribution in [0.3, 0.4) is 0 Å². The standard InChI is InChI=1S/C14H19Cl2N/c1-9-3-4-13(5-10(9)2)17-14-7-11(15)6-12(16)8-14/h6-10,13,17H,3-5H2,1-2H3. The highest BCUT2D eigenvalue weighted by Gasteiger charge is 2.24. The van der Waals surface area contributed by atoms with Gasteiger partial charge < -0.3 is 5.32 Å². The van der Waals surface area contributed by atoms with Crippen molar-refractivity contribution in [1.29, 1.82) is 0 Å². The summed E-state index contributed by atoms with van der Waals surface area (Å²) in [6, 6.07) is 6.20. The first kappa shape index (κ1) is 13.0. The fourth-order valence-corrected chi connectivity index (χ4v) is 3.08. The molecule has 0 bridgehead atoms. The normalized spacial score (nSPS) is 29.1. The number of halogens is 2. The maximum Gasteiger partial charge on any atom is 0.0441 e. The van der Waals surface area contributed by atoms with Gasteiger partial charge in [-0.2, -0.15) is 0 Å². The van der Waals surface area contributed by atoms with E-state index in [4.69, 9.17) is 23.2 Å². The second-order valence-corrected chi connectivity index (χ2v) is 6.14. The zero-order valence-corrected chi connectivity index (χ0v) is 11.9. The molecule has 1 aromatic carbocycles. The molecule has 94 valence electrons. The molecule has 1 fully saturated rings. The zero-order valence-electron chi connectivity index (χ0n) is 10.3. The summed E-state index contributed by atoms with van der Waals surface area (Å²) in [6.45, 7) is 4.68. The highest BCUT2D eigenvalue weighted by atomic mass is 35.5. The van der Waals surface area contributed by atoms with E-state index >= 15 is 0 Å². The lowest BCUT2D eigenvalue weighted by Crippen LogP contribution is -2.30. The van der Waals surface area contributed by atoms with Crippen molar-refractivity contribution in [3.8, 4) is 0 Å². The Morgan fingerprint density at radius 1 is 1.00 bits per heavy atom. The minimum absolute atomic E-state index is 0.552. The number of benzene rings is 1. The largest absolute Gasteiger partial charge is 0.382 e. The Hall–Kier alpha value is -0.400. The molecule has 0 aliphatic heterocycles. The van der Waals surface area contributed by atoms with Gasteiger partial charge in [0.25, 0.3) is 0 Å². The van der Waals surface area contributed by atoms with Gasteiger partial charge in [-0.25, -0.2) is 0 Å². The number of anilines is 1. The second-order valence-electron chi connectivity index (χ2n) is 5.27. The third-order valence-corrected chi connectivity index (χ3v) is 4.27. The summed E-state index contributed by atoms with van der Waals surface area (Å²) in [5.41, 5.74) is 1.04. The van der Waals surface area contributed by atoms with Crippen molar-refractivity contribution >= 4 is 28.9 Å². The summed E-state index contributed by atoms with van der Waals surface area (Å²) in [5.74, 6) is 1.63. The van der Waals surface area contributed by atoms with Crippen molar-refractivity contribution in [3.63, 3.8) is 0 Å².